The molecule has 0 heterocycles. The maximum Gasteiger partial charge on any atom is 0.338 e. The van der Waals surface area contributed by atoms with E-state index in [0.717, 1.165) is 6.42 Å². The van der Waals surface area contributed by atoms with E-state index in [1.807, 2.05) is 30.4 Å². The van der Waals surface area contributed by atoms with Crippen molar-refractivity contribution in [2.45, 2.75) is 13.3 Å². The lowest BCUT2D eigenvalue weighted by Gasteiger charge is -2.25. The zero-order chi connectivity index (χ0) is 12.1. The molecule has 0 saturated carbocycles. The molecule has 17 heavy (non-hydrogen) atoms. The second kappa shape index (κ2) is 5.00. The summed E-state index contributed by atoms with van der Waals surface area (Å²) in [5.74, 6) is -0.255. The van der Waals surface area contributed by atoms with Crippen molar-refractivity contribution >= 4 is 5.97 Å². The summed E-state index contributed by atoms with van der Waals surface area (Å²) in [5.41, 5.74) is 0.533. The lowest BCUT2D eigenvalue weighted by molar-refractivity contribution is 0.0382. The second-order valence-corrected chi connectivity index (χ2v) is 4.59. The average Bonchev–Trinajstić information content (AvgIpc) is 2.38. The highest BCUT2D eigenvalue weighted by Crippen LogP contribution is 2.27. The van der Waals surface area contributed by atoms with Crippen LogP contribution in [0.4, 0.5) is 0 Å². The Labute approximate surface area is 102 Å². The van der Waals surface area contributed by atoms with Gasteiger partial charge in [-0.2, -0.15) is 0 Å². The monoisotopic (exact) mass is 228 g/mol. The molecule has 0 aromatic heterocycles. The third-order valence-corrected chi connectivity index (χ3v) is 2.87. The number of esters is 1. The zero-order valence-corrected chi connectivity index (χ0v) is 9.93. The molecule has 2 nitrogen and oxygen atoms in total. The molecule has 1 aliphatic carbocycles. The molecule has 2 rings (SSSR count). The number of hydrogen-bond acceptors (Lipinski definition) is 2. The Morgan fingerprint density at radius 3 is 2.71 bits per heavy atom. The van der Waals surface area contributed by atoms with E-state index in [2.05, 4.69) is 19.1 Å². The molecule has 88 valence electrons. The number of benzene rings is 1. The van der Waals surface area contributed by atoms with Gasteiger partial charge < -0.3 is 4.74 Å². The minimum Gasteiger partial charge on any atom is -0.461 e. The fourth-order valence-electron chi connectivity index (χ4n) is 1.77. The van der Waals surface area contributed by atoms with E-state index in [0.29, 0.717) is 12.2 Å². The van der Waals surface area contributed by atoms with Crippen molar-refractivity contribution in [1.82, 2.24) is 0 Å². The number of carbonyl (C=O) groups excluding carboxylic acids is 1. The Balaban J connectivity index is 1.93. The molecule has 1 atom stereocenters. The first-order chi connectivity index (χ1) is 8.20. The van der Waals surface area contributed by atoms with Gasteiger partial charge in [0.1, 0.15) is 6.61 Å². The van der Waals surface area contributed by atoms with Crippen LogP contribution in [0.1, 0.15) is 23.7 Å². The Kier molecular flexibility index (Phi) is 3.43. The van der Waals surface area contributed by atoms with Crippen LogP contribution in [0.3, 0.4) is 0 Å². The van der Waals surface area contributed by atoms with Crippen LogP contribution in [-0.4, -0.2) is 12.6 Å². The fraction of sp³-hybridized carbons (Fsp3) is 0.267. The van der Waals surface area contributed by atoms with Crippen molar-refractivity contribution in [1.29, 1.82) is 0 Å². The molecule has 0 spiro atoms. The summed E-state index contributed by atoms with van der Waals surface area (Å²) in [6.07, 6.45) is 9.10. The smallest absolute Gasteiger partial charge is 0.338 e. The molecule has 1 aliphatic rings. The summed E-state index contributed by atoms with van der Waals surface area (Å²) in [6, 6.07) is 9.08. The minimum absolute atomic E-state index is 0.0702. The molecule has 2 heteroatoms. The van der Waals surface area contributed by atoms with Gasteiger partial charge in [-0.1, -0.05) is 49.4 Å². The molecular weight excluding hydrogens is 212 g/mol. The van der Waals surface area contributed by atoms with Crippen molar-refractivity contribution in [3.8, 4) is 0 Å². The number of allylic oxidation sites excluding steroid dienone is 3. The first kappa shape index (κ1) is 11.6. The van der Waals surface area contributed by atoms with Crippen LogP contribution in [0.5, 0.6) is 0 Å². The first-order valence-electron chi connectivity index (χ1n) is 5.76. The number of hydrogen-bond donors (Lipinski definition) is 0. The van der Waals surface area contributed by atoms with E-state index in [-0.39, 0.29) is 11.4 Å². The summed E-state index contributed by atoms with van der Waals surface area (Å²) >= 11 is 0. The Bertz CT molecular complexity index is 445. The molecule has 1 unspecified atom stereocenters. The van der Waals surface area contributed by atoms with Gasteiger partial charge >= 0.3 is 5.97 Å². The molecule has 0 fully saturated rings. The molecule has 0 bridgehead atoms. The summed E-state index contributed by atoms with van der Waals surface area (Å²) in [5, 5.41) is 0. The maximum atomic E-state index is 11.8. The average molecular weight is 228 g/mol. The topological polar surface area (TPSA) is 26.3 Å². The highest BCUT2D eigenvalue weighted by Gasteiger charge is 2.23. The SMILES string of the molecule is CC1(COC(=O)c2ccccc2)C=CC=CC1. The van der Waals surface area contributed by atoms with E-state index >= 15 is 0 Å². The molecule has 0 radical (unpaired) electrons. The Hall–Kier alpha value is -1.83. The summed E-state index contributed by atoms with van der Waals surface area (Å²) in [4.78, 5) is 11.8. The molecular formula is C15H16O2. The van der Waals surface area contributed by atoms with Gasteiger partial charge in [-0.25, -0.2) is 4.79 Å². The van der Waals surface area contributed by atoms with Crippen LogP contribution < -0.4 is 0 Å². The van der Waals surface area contributed by atoms with E-state index in [9.17, 15) is 4.79 Å². The third-order valence-electron chi connectivity index (χ3n) is 2.87. The van der Waals surface area contributed by atoms with Crippen LogP contribution in [0.2, 0.25) is 0 Å². The highest BCUT2D eigenvalue weighted by molar-refractivity contribution is 5.89. The van der Waals surface area contributed by atoms with E-state index in [1.165, 1.54) is 0 Å². The zero-order valence-electron chi connectivity index (χ0n) is 9.93. The van der Waals surface area contributed by atoms with Gasteiger partial charge in [-0.3, -0.25) is 0 Å². The van der Waals surface area contributed by atoms with Crippen LogP contribution in [0, 0.1) is 5.41 Å². The van der Waals surface area contributed by atoms with Gasteiger partial charge in [-0.05, 0) is 18.6 Å². The molecule has 0 saturated heterocycles. The van der Waals surface area contributed by atoms with Gasteiger partial charge in [-0.15, -0.1) is 0 Å². The molecule has 1 aromatic rings. The van der Waals surface area contributed by atoms with Gasteiger partial charge in [0.05, 0.1) is 5.56 Å². The van der Waals surface area contributed by atoms with Crippen LogP contribution in [0.15, 0.2) is 54.6 Å². The third kappa shape index (κ3) is 3.06. The summed E-state index contributed by atoms with van der Waals surface area (Å²) < 4.78 is 5.35. The fourth-order valence-corrected chi connectivity index (χ4v) is 1.77. The largest absolute Gasteiger partial charge is 0.461 e. The first-order valence-corrected chi connectivity index (χ1v) is 5.76. The Morgan fingerprint density at radius 1 is 1.29 bits per heavy atom. The van der Waals surface area contributed by atoms with Gasteiger partial charge in [0.25, 0.3) is 0 Å². The second-order valence-electron chi connectivity index (χ2n) is 4.59. The van der Waals surface area contributed by atoms with Crippen molar-refractivity contribution in [2.24, 2.45) is 5.41 Å². The van der Waals surface area contributed by atoms with Crippen LogP contribution >= 0.6 is 0 Å². The number of carbonyl (C=O) groups is 1. The normalized spacial score (nSPS) is 22.4. The summed E-state index contributed by atoms with van der Waals surface area (Å²) in [7, 11) is 0. The number of ether oxygens (including phenoxy) is 1. The minimum atomic E-state index is -0.255. The standard InChI is InChI=1S/C15H16O2/c1-15(10-6-3-7-11-15)12-17-14(16)13-8-4-2-5-9-13/h2-10H,11-12H2,1H3. The van der Waals surface area contributed by atoms with E-state index in [1.54, 1.807) is 12.1 Å². The van der Waals surface area contributed by atoms with Gasteiger partial charge in [0.15, 0.2) is 0 Å². The predicted octanol–water partition coefficient (Wildman–Crippen LogP) is 3.37. The molecule has 0 amide bonds. The molecule has 0 aliphatic heterocycles. The van der Waals surface area contributed by atoms with Crippen molar-refractivity contribution in [3.05, 3.63) is 60.2 Å². The predicted molar refractivity (Wildman–Crippen MR) is 67.7 cm³/mol. The maximum absolute atomic E-state index is 11.8. The highest BCUT2D eigenvalue weighted by atomic mass is 16.5. The lowest BCUT2D eigenvalue weighted by Crippen LogP contribution is -2.23. The van der Waals surface area contributed by atoms with E-state index in [4.69, 9.17) is 4.74 Å². The quantitative estimate of drug-likeness (QED) is 0.741. The van der Waals surface area contributed by atoms with Crippen molar-refractivity contribution < 1.29 is 9.53 Å². The van der Waals surface area contributed by atoms with Crippen molar-refractivity contribution in [2.75, 3.05) is 6.61 Å². The lowest BCUT2D eigenvalue weighted by atomic mass is 9.85. The van der Waals surface area contributed by atoms with Gasteiger partial charge in [0, 0.05) is 5.41 Å². The van der Waals surface area contributed by atoms with Crippen LogP contribution in [-0.2, 0) is 4.74 Å². The van der Waals surface area contributed by atoms with Crippen molar-refractivity contribution in [3.63, 3.8) is 0 Å². The molecule has 1 aromatic carbocycles. The van der Waals surface area contributed by atoms with E-state index < -0.39 is 0 Å². The van der Waals surface area contributed by atoms with Gasteiger partial charge in [0.2, 0.25) is 0 Å². The number of rotatable bonds is 3. The van der Waals surface area contributed by atoms with Crippen LogP contribution in [0.25, 0.3) is 0 Å². The Morgan fingerprint density at radius 2 is 2.06 bits per heavy atom. The molecule has 0 N–H and O–H groups in total. The summed E-state index contributed by atoms with van der Waals surface area (Å²) in [6.45, 7) is 2.51.